The molecule has 14 heavy (non-hydrogen) atoms. The van der Waals surface area contributed by atoms with Crippen molar-refractivity contribution in [1.29, 1.82) is 0 Å². The Kier molecular flexibility index (Phi) is 6.02. The summed E-state index contributed by atoms with van der Waals surface area (Å²) in [6, 6.07) is 0. The van der Waals surface area contributed by atoms with Crippen molar-refractivity contribution in [3.05, 3.63) is 9.45 Å². The predicted molar refractivity (Wildman–Crippen MR) is 66.1 cm³/mol. The van der Waals surface area contributed by atoms with E-state index in [1.54, 1.807) is 0 Å². The molecular formula is C11H22OSe2. The summed E-state index contributed by atoms with van der Waals surface area (Å²) in [5, 5.41) is 9.24. The maximum atomic E-state index is 9.24. The van der Waals surface area contributed by atoms with Crippen LogP contribution in [0.4, 0.5) is 0 Å². The van der Waals surface area contributed by atoms with Gasteiger partial charge in [0.25, 0.3) is 0 Å². The molecular weight excluding hydrogens is 306 g/mol. The molecule has 1 N–H and O–H groups in total. The zero-order valence-corrected chi connectivity index (χ0v) is 13.5. The Morgan fingerprint density at radius 1 is 1.07 bits per heavy atom. The van der Waals surface area contributed by atoms with Gasteiger partial charge in [-0.25, -0.2) is 0 Å². The van der Waals surface area contributed by atoms with Crippen LogP contribution in [-0.2, 0) is 0 Å². The van der Waals surface area contributed by atoms with E-state index in [1.165, 1.54) is 4.47 Å². The van der Waals surface area contributed by atoms with Gasteiger partial charge in [0, 0.05) is 0 Å². The Balaban J connectivity index is 4.28. The topological polar surface area (TPSA) is 20.2 Å². The fourth-order valence-corrected chi connectivity index (χ4v) is 4.84. The number of hydrogen-bond acceptors (Lipinski definition) is 1. The summed E-state index contributed by atoms with van der Waals surface area (Å²) in [5.41, 5.74) is 0. The maximum absolute atomic E-state index is 9.24. The van der Waals surface area contributed by atoms with Gasteiger partial charge in [0.2, 0.25) is 0 Å². The second-order valence-electron chi connectivity index (χ2n) is 5.19. The number of aliphatic hydroxyl groups excluding tert-OH is 1. The summed E-state index contributed by atoms with van der Waals surface area (Å²) >= 11 is 0.923. The van der Waals surface area contributed by atoms with Crippen LogP contribution in [0, 0.1) is 0 Å². The van der Waals surface area contributed by atoms with Crippen molar-refractivity contribution in [2.75, 3.05) is 6.61 Å². The molecule has 0 saturated heterocycles. The van der Waals surface area contributed by atoms with Crippen LogP contribution in [0.2, 0.25) is 8.63 Å². The van der Waals surface area contributed by atoms with Crippen molar-refractivity contribution < 1.29 is 5.11 Å². The zero-order valence-electron chi connectivity index (χ0n) is 10.0. The standard InChI is InChI=1S/C11H22OSe2/c1-10(2,3)13-8-9(7-12)14-11(4,5)6/h8,12H,7H2,1-6H3/b9-8-. The van der Waals surface area contributed by atoms with E-state index >= 15 is 0 Å². The molecule has 0 radical (unpaired) electrons. The van der Waals surface area contributed by atoms with E-state index in [0.29, 0.717) is 38.5 Å². The molecule has 0 aromatic carbocycles. The Labute approximate surface area is 101 Å². The van der Waals surface area contributed by atoms with Gasteiger partial charge in [0.05, 0.1) is 0 Å². The van der Waals surface area contributed by atoms with Crippen LogP contribution in [0.15, 0.2) is 9.45 Å². The fraction of sp³-hybridized carbons (Fsp3) is 0.818. The molecule has 3 heteroatoms. The van der Waals surface area contributed by atoms with E-state index in [9.17, 15) is 5.11 Å². The quantitative estimate of drug-likeness (QED) is 0.790. The first-order valence-corrected chi connectivity index (χ1v) is 8.37. The molecule has 0 aromatic rings. The van der Waals surface area contributed by atoms with E-state index < -0.39 is 0 Å². The number of aliphatic hydroxyl groups is 1. The van der Waals surface area contributed by atoms with E-state index in [1.807, 2.05) is 0 Å². The molecule has 84 valence electrons. The summed E-state index contributed by atoms with van der Waals surface area (Å²) in [5.74, 6) is 0. The monoisotopic (exact) mass is 330 g/mol. The van der Waals surface area contributed by atoms with Gasteiger partial charge in [-0.1, -0.05) is 0 Å². The summed E-state index contributed by atoms with van der Waals surface area (Å²) in [6.45, 7) is 13.7. The fourth-order valence-electron chi connectivity index (χ4n) is 0.729. The van der Waals surface area contributed by atoms with Crippen LogP contribution >= 0.6 is 0 Å². The van der Waals surface area contributed by atoms with Crippen LogP contribution in [0.5, 0.6) is 0 Å². The summed E-state index contributed by atoms with van der Waals surface area (Å²) in [6.07, 6.45) is 0. The van der Waals surface area contributed by atoms with Gasteiger partial charge in [0.15, 0.2) is 0 Å². The first-order valence-electron chi connectivity index (χ1n) is 4.81. The Hall–Kier alpha value is 0.739. The molecule has 0 saturated carbocycles. The predicted octanol–water partition coefficient (Wildman–Crippen LogP) is 2.67. The number of rotatable bonds is 3. The minimum absolute atomic E-state index is 0.245. The van der Waals surface area contributed by atoms with Crippen LogP contribution in [0.3, 0.4) is 0 Å². The van der Waals surface area contributed by atoms with Crippen LogP contribution in [0.25, 0.3) is 0 Å². The SMILES string of the molecule is CC(C)(C)[Se]/C=C(/CO)[Se]C(C)(C)C. The molecule has 0 fully saturated rings. The van der Waals surface area contributed by atoms with Gasteiger partial charge in [-0.2, -0.15) is 0 Å². The summed E-state index contributed by atoms with van der Waals surface area (Å²) in [7, 11) is 0. The molecule has 0 bridgehead atoms. The molecule has 0 aliphatic carbocycles. The Morgan fingerprint density at radius 3 is 1.86 bits per heavy atom. The second kappa shape index (κ2) is 5.72. The van der Waals surface area contributed by atoms with Gasteiger partial charge in [-0.3, -0.25) is 0 Å². The molecule has 0 heterocycles. The molecule has 0 atom stereocenters. The van der Waals surface area contributed by atoms with Gasteiger partial charge in [-0.15, -0.1) is 0 Å². The molecule has 0 amide bonds. The zero-order chi connectivity index (χ0) is 11.4. The van der Waals surface area contributed by atoms with Crippen molar-refractivity contribution in [3.63, 3.8) is 0 Å². The molecule has 0 aliphatic rings. The van der Waals surface area contributed by atoms with Crippen molar-refractivity contribution in [3.8, 4) is 0 Å². The average molecular weight is 328 g/mol. The molecule has 1 nitrogen and oxygen atoms in total. The summed E-state index contributed by atoms with van der Waals surface area (Å²) < 4.78 is 2.00. The van der Waals surface area contributed by atoms with E-state index in [4.69, 9.17) is 0 Å². The van der Waals surface area contributed by atoms with Crippen molar-refractivity contribution in [1.82, 2.24) is 0 Å². The third-order valence-electron chi connectivity index (χ3n) is 1.14. The third-order valence-corrected chi connectivity index (χ3v) is 6.57. The second-order valence-corrected chi connectivity index (χ2v) is 12.8. The third kappa shape index (κ3) is 9.30. The van der Waals surface area contributed by atoms with E-state index in [0.717, 1.165) is 0 Å². The van der Waals surface area contributed by atoms with Crippen LogP contribution < -0.4 is 0 Å². The Morgan fingerprint density at radius 2 is 1.57 bits per heavy atom. The van der Waals surface area contributed by atoms with Crippen LogP contribution in [-0.4, -0.2) is 41.6 Å². The molecule has 0 aliphatic heterocycles. The summed E-state index contributed by atoms with van der Waals surface area (Å²) in [4.78, 5) is 2.29. The molecule has 0 spiro atoms. The molecule has 0 unspecified atom stereocenters. The van der Waals surface area contributed by atoms with Crippen LogP contribution in [0.1, 0.15) is 41.5 Å². The van der Waals surface area contributed by atoms with Crippen molar-refractivity contribution in [2.45, 2.75) is 50.2 Å². The first-order chi connectivity index (χ1) is 6.14. The average Bonchev–Trinajstić information content (AvgIpc) is 1.94. The normalized spacial score (nSPS) is 14.6. The number of hydrogen-bond donors (Lipinski definition) is 1. The first kappa shape index (κ1) is 14.7. The van der Waals surface area contributed by atoms with Gasteiger partial charge in [0.1, 0.15) is 0 Å². The van der Waals surface area contributed by atoms with Gasteiger partial charge >= 0.3 is 101 Å². The van der Waals surface area contributed by atoms with Crippen molar-refractivity contribution >= 4 is 29.9 Å². The molecule has 0 rings (SSSR count). The van der Waals surface area contributed by atoms with E-state index in [2.05, 4.69) is 46.5 Å². The van der Waals surface area contributed by atoms with Gasteiger partial charge in [-0.05, 0) is 0 Å². The van der Waals surface area contributed by atoms with Crippen molar-refractivity contribution in [2.24, 2.45) is 0 Å². The molecule has 0 aromatic heterocycles. The van der Waals surface area contributed by atoms with E-state index in [-0.39, 0.29) is 6.61 Å². The van der Waals surface area contributed by atoms with Gasteiger partial charge < -0.3 is 0 Å². The Bertz CT molecular complexity index is 196. The minimum atomic E-state index is 0.245.